The van der Waals surface area contributed by atoms with Crippen molar-refractivity contribution in [1.82, 2.24) is 20.2 Å². The van der Waals surface area contributed by atoms with Crippen LogP contribution in [-0.2, 0) is 6.54 Å². The molecule has 0 saturated carbocycles. The van der Waals surface area contributed by atoms with Crippen LogP contribution in [-0.4, -0.2) is 34.4 Å². The number of anilines is 1. The lowest BCUT2D eigenvalue weighted by Gasteiger charge is -2.12. The molecule has 0 fully saturated rings. The Bertz CT molecular complexity index is 597. The average Bonchev–Trinajstić information content (AvgIpc) is 2.96. The molecule has 1 aromatic carbocycles. The largest absolute Gasteiger partial charge is 0.497 e. The van der Waals surface area contributed by atoms with Crippen molar-refractivity contribution in [2.45, 2.75) is 32.7 Å². The lowest BCUT2D eigenvalue weighted by atomic mass is 10.1. The van der Waals surface area contributed by atoms with E-state index in [1.54, 1.807) is 25.0 Å². The number of nitrogens with zero attached hydrogens (tertiary/aromatic N) is 4. The second-order valence-corrected chi connectivity index (χ2v) is 4.72. The second-order valence-electron chi connectivity index (χ2n) is 4.72. The van der Waals surface area contributed by atoms with Crippen LogP contribution in [0.4, 0.5) is 5.69 Å². The Morgan fingerprint density at radius 3 is 2.67 bits per heavy atom. The number of tetrazole rings is 1. The molecule has 1 heterocycles. The van der Waals surface area contributed by atoms with Gasteiger partial charge in [0.05, 0.1) is 25.5 Å². The number of methoxy groups -OCH3 is 2. The standard InChI is InChI=1S/C14H21N5O2/c1-4-5-6-7-19-14(16-17-18-19)11-8-10(20-2)9-12(21-3)13(11)15/h8-9H,4-7,15H2,1-3H3. The molecule has 7 heteroatoms. The molecule has 21 heavy (non-hydrogen) atoms. The summed E-state index contributed by atoms with van der Waals surface area (Å²) < 4.78 is 12.3. The lowest BCUT2D eigenvalue weighted by molar-refractivity contribution is 0.396. The zero-order chi connectivity index (χ0) is 15.2. The molecule has 0 unspecified atom stereocenters. The molecule has 2 N–H and O–H groups in total. The Hall–Kier alpha value is -2.31. The van der Waals surface area contributed by atoms with Crippen molar-refractivity contribution in [1.29, 1.82) is 0 Å². The summed E-state index contributed by atoms with van der Waals surface area (Å²) >= 11 is 0. The number of unbranched alkanes of at least 4 members (excludes halogenated alkanes) is 2. The van der Waals surface area contributed by atoms with Gasteiger partial charge in [0, 0.05) is 12.6 Å². The molecule has 7 nitrogen and oxygen atoms in total. The maximum atomic E-state index is 6.14. The van der Waals surface area contributed by atoms with Crippen molar-refractivity contribution >= 4 is 5.69 Å². The van der Waals surface area contributed by atoms with Gasteiger partial charge in [-0.1, -0.05) is 19.8 Å². The van der Waals surface area contributed by atoms with Gasteiger partial charge in [0.1, 0.15) is 11.5 Å². The van der Waals surface area contributed by atoms with Gasteiger partial charge < -0.3 is 15.2 Å². The normalized spacial score (nSPS) is 10.6. The summed E-state index contributed by atoms with van der Waals surface area (Å²) in [6.07, 6.45) is 3.30. The molecule has 0 amide bonds. The third kappa shape index (κ3) is 3.24. The van der Waals surface area contributed by atoms with Crippen LogP contribution in [0.25, 0.3) is 11.4 Å². The first kappa shape index (κ1) is 15.1. The van der Waals surface area contributed by atoms with Crippen LogP contribution < -0.4 is 15.2 Å². The zero-order valence-corrected chi connectivity index (χ0v) is 12.7. The SMILES string of the molecule is CCCCCn1nnnc1-c1cc(OC)cc(OC)c1N. The van der Waals surface area contributed by atoms with E-state index < -0.39 is 0 Å². The molecule has 2 aromatic rings. The predicted molar refractivity (Wildman–Crippen MR) is 80.3 cm³/mol. The first-order chi connectivity index (χ1) is 10.2. The number of benzene rings is 1. The zero-order valence-electron chi connectivity index (χ0n) is 12.7. The minimum Gasteiger partial charge on any atom is -0.497 e. The minimum absolute atomic E-state index is 0.504. The number of hydrogen-bond donors (Lipinski definition) is 1. The van der Waals surface area contributed by atoms with Crippen molar-refractivity contribution in [2.75, 3.05) is 20.0 Å². The van der Waals surface area contributed by atoms with Crippen LogP contribution in [0.1, 0.15) is 26.2 Å². The van der Waals surface area contributed by atoms with Crippen molar-refractivity contribution < 1.29 is 9.47 Å². The highest BCUT2D eigenvalue weighted by molar-refractivity contribution is 5.78. The minimum atomic E-state index is 0.504. The molecule has 0 radical (unpaired) electrons. The van der Waals surface area contributed by atoms with Crippen LogP contribution >= 0.6 is 0 Å². The molecule has 0 saturated heterocycles. The monoisotopic (exact) mass is 291 g/mol. The van der Waals surface area contributed by atoms with Gasteiger partial charge in [0.25, 0.3) is 0 Å². The van der Waals surface area contributed by atoms with E-state index in [2.05, 4.69) is 22.4 Å². The topological polar surface area (TPSA) is 88.1 Å². The fourth-order valence-corrected chi connectivity index (χ4v) is 2.13. The Kier molecular flexibility index (Phi) is 4.97. The van der Waals surface area contributed by atoms with E-state index in [0.29, 0.717) is 28.6 Å². The van der Waals surface area contributed by atoms with Gasteiger partial charge in [-0.05, 0) is 22.9 Å². The molecular formula is C14H21N5O2. The van der Waals surface area contributed by atoms with Gasteiger partial charge in [0.2, 0.25) is 0 Å². The number of nitrogens with two attached hydrogens (primary N) is 1. The van der Waals surface area contributed by atoms with Gasteiger partial charge >= 0.3 is 0 Å². The molecule has 0 aliphatic heterocycles. The number of rotatable bonds is 7. The molecule has 1 aromatic heterocycles. The van der Waals surface area contributed by atoms with Crippen LogP contribution in [0.5, 0.6) is 11.5 Å². The van der Waals surface area contributed by atoms with Gasteiger partial charge in [-0.3, -0.25) is 0 Å². The first-order valence-corrected chi connectivity index (χ1v) is 6.99. The predicted octanol–water partition coefficient (Wildman–Crippen LogP) is 2.13. The molecule has 0 bridgehead atoms. The molecule has 0 atom stereocenters. The molecule has 0 aliphatic rings. The summed E-state index contributed by atoms with van der Waals surface area (Å²) in [5, 5.41) is 11.9. The van der Waals surface area contributed by atoms with E-state index in [1.165, 1.54) is 0 Å². The Morgan fingerprint density at radius 2 is 2.00 bits per heavy atom. The Labute approximate surface area is 124 Å². The highest BCUT2D eigenvalue weighted by Gasteiger charge is 2.16. The second kappa shape index (κ2) is 6.92. The third-order valence-corrected chi connectivity index (χ3v) is 3.32. The van der Waals surface area contributed by atoms with Gasteiger partial charge in [-0.15, -0.1) is 5.10 Å². The molecule has 2 rings (SSSR count). The smallest absolute Gasteiger partial charge is 0.184 e. The average molecular weight is 291 g/mol. The summed E-state index contributed by atoms with van der Waals surface area (Å²) in [5.41, 5.74) is 7.36. The first-order valence-electron chi connectivity index (χ1n) is 6.99. The van der Waals surface area contributed by atoms with E-state index in [-0.39, 0.29) is 0 Å². The number of aryl methyl sites for hydroxylation is 1. The Balaban J connectivity index is 2.39. The molecule has 114 valence electrons. The summed E-state index contributed by atoms with van der Waals surface area (Å²) in [6.45, 7) is 2.92. The van der Waals surface area contributed by atoms with E-state index >= 15 is 0 Å². The summed E-state index contributed by atoms with van der Waals surface area (Å²) in [6, 6.07) is 3.56. The molecule has 0 aliphatic carbocycles. The van der Waals surface area contributed by atoms with E-state index in [4.69, 9.17) is 15.2 Å². The summed E-state index contributed by atoms with van der Waals surface area (Å²) in [4.78, 5) is 0. The number of nitrogen functional groups attached to an aromatic ring is 1. The van der Waals surface area contributed by atoms with Crippen molar-refractivity contribution in [3.8, 4) is 22.9 Å². The number of hydrogen-bond acceptors (Lipinski definition) is 6. The Morgan fingerprint density at radius 1 is 1.19 bits per heavy atom. The maximum absolute atomic E-state index is 6.14. The quantitative estimate of drug-likeness (QED) is 0.621. The van der Waals surface area contributed by atoms with E-state index in [9.17, 15) is 0 Å². The summed E-state index contributed by atoms with van der Waals surface area (Å²) in [5.74, 6) is 1.83. The van der Waals surface area contributed by atoms with Gasteiger partial charge in [0.15, 0.2) is 5.82 Å². The van der Waals surface area contributed by atoms with Crippen LogP contribution in [0.15, 0.2) is 12.1 Å². The number of aromatic nitrogens is 4. The lowest BCUT2D eigenvalue weighted by Crippen LogP contribution is -2.05. The van der Waals surface area contributed by atoms with Crippen LogP contribution in [0.2, 0.25) is 0 Å². The van der Waals surface area contributed by atoms with Crippen molar-refractivity contribution in [3.63, 3.8) is 0 Å². The van der Waals surface area contributed by atoms with Crippen LogP contribution in [0, 0.1) is 0 Å². The van der Waals surface area contributed by atoms with Crippen molar-refractivity contribution in [2.24, 2.45) is 0 Å². The van der Waals surface area contributed by atoms with Crippen molar-refractivity contribution in [3.05, 3.63) is 12.1 Å². The summed E-state index contributed by atoms with van der Waals surface area (Å²) in [7, 11) is 3.16. The fourth-order valence-electron chi connectivity index (χ4n) is 2.13. The van der Waals surface area contributed by atoms with E-state index in [0.717, 1.165) is 25.8 Å². The van der Waals surface area contributed by atoms with Gasteiger partial charge in [-0.25, -0.2) is 4.68 Å². The van der Waals surface area contributed by atoms with Gasteiger partial charge in [-0.2, -0.15) is 0 Å². The maximum Gasteiger partial charge on any atom is 0.184 e. The van der Waals surface area contributed by atoms with Crippen LogP contribution in [0.3, 0.4) is 0 Å². The number of ether oxygens (including phenoxy) is 2. The third-order valence-electron chi connectivity index (χ3n) is 3.32. The highest BCUT2D eigenvalue weighted by Crippen LogP contribution is 2.36. The van der Waals surface area contributed by atoms with E-state index in [1.807, 2.05) is 6.07 Å². The molecular weight excluding hydrogens is 270 g/mol. The fraction of sp³-hybridized carbons (Fsp3) is 0.500. The highest BCUT2D eigenvalue weighted by atomic mass is 16.5. The molecule has 0 spiro atoms.